The maximum absolute atomic E-state index is 4.74. The van der Waals surface area contributed by atoms with Crippen LogP contribution in [0.3, 0.4) is 0 Å². The minimum atomic E-state index is 0.759. The highest BCUT2D eigenvalue weighted by molar-refractivity contribution is 5.12. The van der Waals surface area contributed by atoms with Crippen LogP contribution in [-0.4, -0.2) is 22.4 Å². The molecule has 4 heteroatoms. The molecule has 0 radical (unpaired) electrons. The Morgan fingerprint density at radius 2 is 1.95 bits per heavy atom. The first-order valence-corrected chi connectivity index (χ1v) is 8.40. The number of hydrogen-bond acceptors (Lipinski definition) is 3. The molecular weight excluding hydrogens is 248 g/mol. The lowest BCUT2D eigenvalue weighted by Crippen LogP contribution is -2.46. The van der Waals surface area contributed by atoms with Gasteiger partial charge in [-0.15, -0.1) is 0 Å². The fourth-order valence-electron chi connectivity index (χ4n) is 4.57. The van der Waals surface area contributed by atoms with Crippen molar-refractivity contribution in [2.45, 2.75) is 64.2 Å². The van der Waals surface area contributed by atoms with Crippen molar-refractivity contribution in [3.63, 3.8) is 0 Å². The number of hydrogen-bond donors (Lipinski definition) is 2. The van der Waals surface area contributed by atoms with Crippen LogP contribution in [-0.2, 0) is 19.6 Å². The van der Waals surface area contributed by atoms with Crippen LogP contribution in [0, 0.1) is 11.8 Å². The smallest absolute Gasteiger partial charge is 0.0765 e. The molecule has 4 nitrogen and oxygen atoms in total. The lowest BCUT2D eigenvalue weighted by molar-refractivity contribution is 0.122. The SMILES string of the molecule is c1c(CNC2C3CCCC2CCC3)nn2c1CNCC2. The van der Waals surface area contributed by atoms with Gasteiger partial charge in [0.2, 0.25) is 0 Å². The molecule has 0 atom stereocenters. The van der Waals surface area contributed by atoms with E-state index in [-0.39, 0.29) is 0 Å². The van der Waals surface area contributed by atoms with Crippen molar-refractivity contribution in [2.75, 3.05) is 6.54 Å². The molecule has 0 unspecified atom stereocenters. The molecule has 1 aliphatic heterocycles. The maximum Gasteiger partial charge on any atom is 0.0765 e. The van der Waals surface area contributed by atoms with E-state index in [0.717, 1.165) is 44.1 Å². The van der Waals surface area contributed by atoms with Gasteiger partial charge in [-0.25, -0.2) is 0 Å². The van der Waals surface area contributed by atoms with Crippen molar-refractivity contribution < 1.29 is 0 Å². The number of nitrogens with one attached hydrogen (secondary N) is 2. The molecule has 2 N–H and O–H groups in total. The second-order valence-electron chi connectivity index (χ2n) is 6.82. The fourth-order valence-corrected chi connectivity index (χ4v) is 4.57. The van der Waals surface area contributed by atoms with Gasteiger partial charge in [0, 0.05) is 25.7 Å². The second-order valence-corrected chi connectivity index (χ2v) is 6.82. The van der Waals surface area contributed by atoms with Gasteiger partial charge in [0.05, 0.1) is 17.9 Å². The van der Waals surface area contributed by atoms with E-state index >= 15 is 0 Å². The zero-order valence-corrected chi connectivity index (χ0v) is 12.3. The van der Waals surface area contributed by atoms with Crippen LogP contribution in [0.25, 0.3) is 0 Å². The van der Waals surface area contributed by atoms with E-state index in [4.69, 9.17) is 5.10 Å². The third-order valence-corrected chi connectivity index (χ3v) is 5.55. The second kappa shape index (κ2) is 5.49. The topological polar surface area (TPSA) is 41.9 Å². The van der Waals surface area contributed by atoms with E-state index in [1.807, 2.05) is 0 Å². The van der Waals surface area contributed by atoms with Gasteiger partial charge in [-0.2, -0.15) is 5.10 Å². The molecule has 1 aromatic rings. The van der Waals surface area contributed by atoms with Crippen LogP contribution >= 0.6 is 0 Å². The Morgan fingerprint density at radius 1 is 1.20 bits per heavy atom. The molecule has 0 aromatic carbocycles. The molecule has 1 aromatic heterocycles. The van der Waals surface area contributed by atoms with Crippen molar-refractivity contribution in [1.29, 1.82) is 0 Å². The summed E-state index contributed by atoms with van der Waals surface area (Å²) < 4.78 is 2.18. The average Bonchev–Trinajstić information content (AvgIpc) is 2.87. The van der Waals surface area contributed by atoms with Crippen LogP contribution in [0.5, 0.6) is 0 Å². The molecule has 2 heterocycles. The average molecular weight is 274 g/mol. The molecule has 2 saturated carbocycles. The van der Waals surface area contributed by atoms with Gasteiger partial charge in [-0.05, 0) is 43.6 Å². The third-order valence-electron chi connectivity index (χ3n) is 5.55. The van der Waals surface area contributed by atoms with Gasteiger partial charge in [0.1, 0.15) is 0 Å². The minimum absolute atomic E-state index is 0.759. The minimum Gasteiger partial charge on any atom is -0.309 e. The quantitative estimate of drug-likeness (QED) is 0.886. The van der Waals surface area contributed by atoms with Crippen LogP contribution < -0.4 is 10.6 Å². The predicted molar refractivity (Wildman–Crippen MR) is 79.2 cm³/mol. The largest absolute Gasteiger partial charge is 0.309 e. The Hall–Kier alpha value is -0.870. The summed E-state index contributed by atoms with van der Waals surface area (Å²) in [6, 6.07) is 3.03. The molecule has 110 valence electrons. The highest BCUT2D eigenvalue weighted by atomic mass is 15.3. The first-order chi connectivity index (χ1) is 9.90. The van der Waals surface area contributed by atoms with Gasteiger partial charge < -0.3 is 10.6 Å². The number of rotatable bonds is 3. The lowest BCUT2D eigenvalue weighted by Gasteiger charge is -2.43. The van der Waals surface area contributed by atoms with Crippen LogP contribution in [0.1, 0.15) is 49.9 Å². The van der Waals surface area contributed by atoms with Gasteiger partial charge in [-0.3, -0.25) is 4.68 Å². The molecule has 2 aliphatic carbocycles. The molecule has 2 bridgehead atoms. The summed E-state index contributed by atoms with van der Waals surface area (Å²) in [5.74, 6) is 1.86. The van der Waals surface area contributed by atoms with E-state index in [1.54, 1.807) is 0 Å². The van der Waals surface area contributed by atoms with Gasteiger partial charge >= 0.3 is 0 Å². The molecule has 3 aliphatic rings. The Kier molecular flexibility index (Phi) is 3.52. The summed E-state index contributed by atoms with van der Waals surface area (Å²) in [5, 5.41) is 12.0. The standard InChI is InChI=1S/C16H26N4/c1-3-12-5-2-6-13(4-1)16(12)18-10-14-9-15-11-17-7-8-20(15)19-14/h9,12-13,16-18H,1-8,10-11H2. The molecule has 0 amide bonds. The Bertz CT molecular complexity index is 422. The van der Waals surface area contributed by atoms with Crippen LogP contribution in [0.15, 0.2) is 6.07 Å². The van der Waals surface area contributed by atoms with Gasteiger partial charge in [-0.1, -0.05) is 12.8 Å². The summed E-state index contributed by atoms with van der Waals surface area (Å²) in [7, 11) is 0. The Morgan fingerprint density at radius 3 is 2.65 bits per heavy atom. The molecular formula is C16H26N4. The van der Waals surface area contributed by atoms with Crippen molar-refractivity contribution in [3.8, 4) is 0 Å². The van der Waals surface area contributed by atoms with Crippen LogP contribution in [0.4, 0.5) is 0 Å². The number of fused-ring (bicyclic) bond motifs is 3. The lowest BCUT2D eigenvalue weighted by atomic mass is 9.68. The Balaban J connectivity index is 1.41. The van der Waals surface area contributed by atoms with Crippen molar-refractivity contribution in [1.82, 2.24) is 20.4 Å². The zero-order valence-electron chi connectivity index (χ0n) is 12.3. The fraction of sp³-hybridized carbons (Fsp3) is 0.812. The van der Waals surface area contributed by atoms with Crippen LogP contribution in [0.2, 0.25) is 0 Å². The van der Waals surface area contributed by atoms with Gasteiger partial charge in [0.15, 0.2) is 0 Å². The molecule has 0 spiro atoms. The summed E-state index contributed by atoms with van der Waals surface area (Å²) in [6.07, 6.45) is 8.68. The zero-order chi connectivity index (χ0) is 13.4. The first kappa shape index (κ1) is 12.8. The van der Waals surface area contributed by atoms with E-state index in [0.29, 0.717) is 0 Å². The highest BCUT2D eigenvalue weighted by Gasteiger charge is 2.35. The highest BCUT2D eigenvalue weighted by Crippen LogP contribution is 2.40. The summed E-state index contributed by atoms with van der Waals surface area (Å²) in [6.45, 7) is 4.00. The number of aromatic nitrogens is 2. The summed E-state index contributed by atoms with van der Waals surface area (Å²) in [5.41, 5.74) is 2.57. The Labute approximate surface area is 121 Å². The third kappa shape index (κ3) is 2.40. The van der Waals surface area contributed by atoms with Crippen molar-refractivity contribution in [3.05, 3.63) is 17.5 Å². The summed E-state index contributed by atoms with van der Waals surface area (Å²) >= 11 is 0. The van der Waals surface area contributed by atoms with E-state index < -0.39 is 0 Å². The first-order valence-electron chi connectivity index (χ1n) is 8.40. The number of nitrogens with zero attached hydrogens (tertiary/aromatic N) is 2. The molecule has 4 rings (SSSR count). The van der Waals surface area contributed by atoms with Crippen molar-refractivity contribution >= 4 is 0 Å². The normalized spacial score (nSPS) is 32.9. The molecule has 20 heavy (non-hydrogen) atoms. The van der Waals surface area contributed by atoms with E-state index in [2.05, 4.69) is 21.4 Å². The maximum atomic E-state index is 4.74. The molecule has 2 fully saturated rings. The summed E-state index contributed by atoms with van der Waals surface area (Å²) in [4.78, 5) is 0. The van der Waals surface area contributed by atoms with E-state index in [9.17, 15) is 0 Å². The van der Waals surface area contributed by atoms with E-state index in [1.165, 1.54) is 49.9 Å². The van der Waals surface area contributed by atoms with Gasteiger partial charge in [0.25, 0.3) is 0 Å². The van der Waals surface area contributed by atoms with Crippen molar-refractivity contribution in [2.24, 2.45) is 11.8 Å². The predicted octanol–water partition coefficient (Wildman–Crippen LogP) is 2.04. The monoisotopic (exact) mass is 274 g/mol. The molecule has 0 saturated heterocycles.